The molecule has 4 heteroatoms. The van der Waals surface area contributed by atoms with Gasteiger partial charge in [0.05, 0.1) is 0 Å². The highest BCUT2D eigenvalue weighted by Gasteiger charge is 2.24. The molecule has 0 fully saturated rings. The number of halogens is 1. The second-order valence-corrected chi connectivity index (χ2v) is 3.34. The maximum absolute atomic E-state index is 11.1. The fourth-order valence-corrected chi connectivity index (χ4v) is 1.36. The highest BCUT2D eigenvalue weighted by Crippen LogP contribution is 2.20. The summed E-state index contributed by atoms with van der Waals surface area (Å²) in [6, 6.07) is 8.85. The minimum atomic E-state index is -0.974. The number of rotatable bonds is 3. The summed E-state index contributed by atoms with van der Waals surface area (Å²) in [4.78, 5) is 11.1. The quantitative estimate of drug-likeness (QED) is 0.739. The molecule has 0 aliphatic heterocycles. The molecular formula is C10H12ClNO2. The molecule has 0 bridgehead atoms. The highest BCUT2D eigenvalue weighted by atomic mass is 35.5. The van der Waals surface area contributed by atoms with E-state index in [0.29, 0.717) is 5.56 Å². The Hall–Kier alpha value is -1.06. The van der Waals surface area contributed by atoms with E-state index in [1.54, 1.807) is 24.3 Å². The SMILES string of the molecule is CNC(=O)C(Cl)C(O)c1ccccc1. The summed E-state index contributed by atoms with van der Waals surface area (Å²) in [6.45, 7) is 0. The molecule has 0 aromatic heterocycles. The number of hydrogen-bond donors (Lipinski definition) is 2. The fourth-order valence-electron chi connectivity index (χ4n) is 1.10. The molecule has 2 unspecified atom stereocenters. The molecular weight excluding hydrogens is 202 g/mol. The van der Waals surface area contributed by atoms with Crippen molar-refractivity contribution in [2.24, 2.45) is 0 Å². The second kappa shape index (κ2) is 4.98. The van der Waals surface area contributed by atoms with Gasteiger partial charge in [-0.2, -0.15) is 0 Å². The Kier molecular flexibility index (Phi) is 3.92. The third-order valence-electron chi connectivity index (χ3n) is 1.92. The maximum Gasteiger partial charge on any atom is 0.240 e. The summed E-state index contributed by atoms with van der Waals surface area (Å²) in [5, 5.41) is 11.1. The Morgan fingerprint density at radius 2 is 2.00 bits per heavy atom. The molecule has 0 saturated heterocycles. The van der Waals surface area contributed by atoms with Crippen molar-refractivity contribution < 1.29 is 9.90 Å². The minimum Gasteiger partial charge on any atom is -0.386 e. The van der Waals surface area contributed by atoms with E-state index in [2.05, 4.69) is 5.32 Å². The molecule has 1 aromatic rings. The van der Waals surface area contributed by atoms with E-state index in [1.165, 1.54) is 7.05 Å². The zero-order valence-corrected chi connectivity index (χ0v) is 8.53. The van der Waals surface area contributed by atoms with Crippen LogP contribution in [0.1, 0.15) is 11.7 Å². The Morgan fingerprint density at radius 1 is 1.43 bits per heavy atom. The zero-order chi connectivity index (χ0) is 10.6. The van der Waals surface area contributed by atoms with E-state index in [4.69, 9.17) is 11.6 Å². The molecule has 0 aliphatic carbocycles. The number of nitrogens with one attached hydrogen (secondary N) is 1. The first-order valence-electron chi connectivity index (χ1n) is 4.25. The fraction of sp³-hybridized carbons (Fsp3) is 0.300. The van der Waals surface area contributed by atoms with Crippen LogP contribution in [0.5, 0.6) is 0 Å². The molecule has 0 aliphatic rings. The van der Waals surface area contributed by atoms with Gasteiger partial charge in [-0.15, -0.1) is 11.6 Å². The van der Waals surface area contributed by atoms with Crippen LogP contribution in [-0.4, -0.2) is 23.4 Å². The summed E-state index contributed by atoms with van der Waals surface area (Å²) in [5.41, 5.74) is 0.635. The monoisotopic (exact) mass is 213 g/mol. The number of alkyl halides is 1. The van der Waals surface area contributed by atoms with Crippen LogP contribution in [-0.2, 0) is 4.79 Å². The smallest absolute Gasteiger partial charge is 0.240 e. The predicted octanol–water partition coefficient (Wildman–Crippen LogP) is 1.07. The van der Waals surface area contributed by atoms with Crippen LogP contribution >= 0.6 is 11.6 Å². The minimum absolute atomic E-state index is 0.386. The number of carbonyl (C=O) groups excluding carboxylic acids is 1. The van der Waals surface area contributed by atoms with Gasteiger partial charge in [-0.3, -0.25) is 4.79 Å². The van der Waals surface area contributed by atoms with E-state index in [1.807, 2.05) is 6.07 Å². The molecule has 0 saturated carbocycles. The lowest BCUT2D eigenvalue weighted by molar-refractivity contribution is -0.122. The van der Waals surface area contributed by atoms with Gasteiger partial charge in [0.1, 0.15) is 11.5 Å². The van der Waals surface area contributed by atoms with Crippen LogP contribution in [0.2, 0.25) is 0 Å². The molecule has 2 N–H and O–H groups in total. The van der Waals surface area contributed by atoms with Gasteiger partial charge in [0.15, 0.2) is 0 Å². The first-order chi connectivity index (χ1) is 6.66. The van der Waals surface area contributed by atoms with Crippen molar-refractivity contribution >= 4 is 17.5 Å². The van der Waals surface area contributed by atoms with Gasteiger partial charge < -0.3 is 10.4 Å². The lowest BCUT2D eigenvalue weighted by atomic mass is 10.1. The summed E-state index contributed by atoms with van der Waals surface area (Å²) in [7, 11) is 1.48. The van der Waals surface area contributed by atoms with Crippen LogP contribution in [0.3, 0.4) is 0 Å². The maximum atomic E-state index is 11.1. The summed E-state index contributed by atoms with van der Waals surface area (Å²) < 4.78 is 0. The largest absolute Gasteiger partial charge is 0.386 e. The van der Waals surface area contributed by atoms with Gasteiger partial charge in [0, 0.05) is 7.05 Å². The van der Waals surface area contributed by atoms with E-state index in [-0.39, 0.29) is 5.91 Å². The summed E-state index contributed by atoms with van der Waals surface area (Å²) in [6.07, 6.45) is -0.974. The third-order valence-corrected chi connectivity index (χ3v) is 2.35. The molecule has 2 atom stereocenters. The Labute approximate surface area is 87.7 Å². The molecule has 1 amide bonds. The van der Waals surface area contributed by atoms with Crippen molar-refractivity contribution in [3.05, 3.63) is 35.9 Å². The number of aliphatic hydroxyl groups is 1. The lowest BCUT2D eigenvalue weighted by Crippen LogP contribution is -2.32. The third kappa shape index (κ3) is 2.47. The number of amides is 1. The molecule has 1 rings (SSSR count). The Morgan fingerprint density at radius 3 is 2.50 bits per heavy atom. The topological polar surface area (TPSA) is 49.3 Å². The average molecular weight is 214 g/mol. The number of hydrogen-bond acceptors (Lipinski definition) is 2. The standard InChI is InChI=1S/C10H12ClNO2/c1-12-10(14)8(11)9(13)7-5-3-2-4-6-7/h2-6,8-9,13H,1H3,(H,12,14). The summed E-state index contributed by atoms with van der Waals surface area (Å²) in [5.74, 6) is -0.386. The van der Waals surface area contributed by atoms with Crippen LogP contribution in [0.15, 0.2) is 30.3 Å². The predicted molar refractivity (Wildman–Crippen MR) is 55.1 cm³/mol. The number of carbonyl (C=O) groups is 1. The van der Waals surface area contributed by atoms with Crippen molar-refractivity contribution in [1.82, 2.24) is 5.32 Å². The molecule has 0 heterocycles. The zero-order valence-electron chi connectivity index (χ0n) is 7.77. The van der Waals surface area contributed by atoms with E-state index in [9.17, 15) is 9.90 Å². The van der Waals surface area contributed by atoms with Crippen LogP contribution in [0.4, 0.5) is 0 Å². The van der Waals surface area contributed by atoms with Gasteiger partial charge >= 0.3 is 0 Å². The highest BCUT2D eigenvalue weighted by molar-refractivity contribution is 6.31. The van der Waals surface area contributed by atoms with Crippen molar-refractivity contribution in [1.29, 1.82) is 0 Å². The van der Waals surface area contributed by atoms with Crippen molar-refractivity contribution in [3.8, 4) is 0 Å². The van der Waals surface area contributed by atoms with Crippen molar-refractivity contribution in [2.45, 2.75) is 11.5 Å². The van der Waals surface area contributed by atoms with E-state index >= 15 is 0 Å². The molecule has 1 aromatic carbocycles. The Bertz CT molecular complexity index is 302. The normalized spacial score (nSPS) is 14.5. The van der Waals surface area contributed by atoms with Crippen molar-refractivity contribution in [3.63, 3.8) is 0 Å². The van der Waals surface area contributed by atoms with Gasteiger partial charge in [0.25, 0.3) is 0 Å². The lowest BCUT2D eigenvalue weighted by Gasteiger charge is -2.15. The van der Waals surface area contributed by atoms with E-state index < -0.39 is 11.5 Å². The molecule has 14 heavy (non-hydrogen) atoms. The van der Waals surface area contributed by atoms with Crippen LogP contribution in [0, 0.1) is 0 Å². The summed E-state index contributed by atoms with van der Waals surface area (Å²) >= 11 is 5.75. The first kappa shape index (κ1) is 11.0. The van der Waals surface area contributed by atoms with E-state index in [0.717, 1.165) is 0 Å². The number of benzene rings is 1. The van der Waals surface area contributed by atoms with Gasteiger partial charge in [-0.1, -0.05) is 30.3 Å². The molecule has 3 nitrogen and oxygen atoms in total. The average Bonchev–Trinajstić information content (AvgIpc) is 2.27. The van der Waals surface area contributed by atoms with Gasteiger partial charge in [-0.25, -0.2) is 0 Å². The molecule has 0 spiro atoms. The Balaban J connectivity index is 2.75. The van der Waals surface area contributed by atoms with Gasteiger partial charge in [0.2, 0.25) is 5.91 Å². The van der Waals surface area contributed by atoms with Crippen LogP contribution in [0.25, 0.3) is 0 Å². The van der Waals surface area contributed by atoms with Gasteiger partial charge in [-0.05, 0) is 5.56 Å². The molecule has 76 valence electrons. The molecule has 0 radical (unpaired) electrons. The second-order valence-electron chi connectivity index (χ2n) is 2.87. The first-order valence-corrected chi connectivity index (χ1v) is 4.69. The van der Waals surface area contributed by atoms with Crippen molar-refractivity contribution in [2.75, 3.05) is 7.05 Å². The number of aliphatic hydroxyl groups excluding tert-OH is 1. The van der Waals surface area contributed by atoms with Crippen LogP contribution < -0.4 is 5.32 Å².